The molecular weight excluding hydrogens is 424 g/mol. The Hall–Kier alpha value is -3.60. The maximum absolute atomic E-state index is 13.1. The van der Waals surface area contributed by atoms with E-state index in [4.69, 9.17) is 5.11 Å². The second-order valence-electron chi connectivity index (χ2n) is 9.89. The van der Waals surface area contributed by atoms with Gasteiger partial charge >= 0.3 is 5.97 Å². The first-order valence-electron chi connectivity index (χ1n) is 11.8. The van der Waals surface area contributed by atoms with Crippen LogP contribution in [0.4, 0.5) is 5.69 Å². The van der Waals surface area contributed by atoms with Gasteiger partial charge in [-0.2, -0.15) is 0 Å². The van der Waals surface area contributed by atoms with Crippen LogP contribution in [-0.2, 0) is 16.6 Å². The van der Waals surface area contributed by atoms with E-state index in [0.717, 1.165) is 29.8 Å². The molecule has 1 fully saturated rings. The standard InChI is InChI=1S/C29H32N2O3/c1-29(2,3)25-6-4-5-7-26(25)30-16-18-31(19-17-30)28(34)24-14-12-23(13-15-24)22-10-8-21(9-11-22)20-27(32)33/h4-15H,16-20H2,1-3H3,(H,32,33). The van der Waals surface area contributed by atoms with Gasteiger partial charge in [-0.1, -0.05) is 75.4 Å². The van der Waals surface area contributed by atoms with Crippen LogP contribution in [0.5, 0.6) is 0 Å². The topological polar surface area (TPSA) is 60.9 Å². The number of amides is 1. The van der Waals surface area contributed by atoms with Crippen LogP contribution in [0.3, 0.4) is 0 Å². The van der Waals surface area contributed by atoms with Crippen molar-refractivity contribution in [3.63, 3.8) is 0 Å². The lowest BCUT2D eigenvalue weighted by molar-refractivity contribution is -0.136. The molecule has 3 aromatic rings. The Morgan fingerprint density at radius 3 is 1.91 bits per heavy atom. The summed E-state index contributed by atoms with van der Waals surface area (Å²) in [5.74, 6) is -0.776. The number of carbonyl (C=O) groups is 2. The van der Waals surface area contributed by atoms with E-state index in [1.807, 2.05) is 53.4 Å². The number of para-hydroxylation sites is 1. The Morgan fingerprint density at radius 2 is 1.35 bits per heavy atom. The number of hydrogen-bond acceptors (Lipinski definition) is 3. The first-order valence-corrected chi connectivity index (χ1v) is 11.8. The van der Waals surface area contributed by atoms with Crippen molar-refractivity contribution in [1.29, 1.82) is 0 Å². The third kappa shape index (κ3) is 5.30. The highest BCUT2D eigenvalue weighted by molar-refractivity contribution is 5.95. The zero-order chi connectivity index (χ0) is 24.3. The maximum Gasteiger partial charge on any atom is 0.307 e. The molecule has 1 heterocycles. The molecule has 0 atom stereocenters. The van der Waals surface area contributed by atoms with Gasteiger partial charge in [-0.25, -0.2) is 0 Å². The minimum absolute atomic E-state index is 0.0166. The van der Waals surface area contributed by atoms with E-state index in [-0.39, 0.29) is 17.7 Å². The fourth-order valence-electron chi connectivity index (χ4n) is 4.51. The highest BCUT2D eigenvalue weighted by atomic mass is 16.4. The van der Waals surface area contributed by atoms with Crippen molar-refractivity contribution in [2.24, 2.45) is 0 Å². The molecule has 5 nitrogen and oxygen atoms in total. The highest BCUT2D eigenvalue weighted by Gasteiger charge is 2.26. The monoisotopic (exact) mass is 456 g/mol. The van der Waals surface area contributed by atoms with Crippen molar-refractivity contribution < 1.29 is 14.7 Å². The number of aliphatic carboxylic acids is 1. The van der Waals surface area contributed by atoms with Crippen LogP contribution in [-0.4, -0.2) is 48.1 Å². The number of carbonyl (C=O) groups excluding carboxylic acids is 1. The van der Waals surface area contributed by atoms with Gasteiger partial charge in [0.25, 0.3) is 5.91 Å². The molecule has 0 unspecified atom stereocenters. The van der Waals surface area contributed by atoms with Gasteiger partial charge in [-0.15, -0.1) is 0 Å². The SMILES string of the molecule is CC(C)(C)c1ccccc1N1CCN(C(=O)c2ccc(-c3ccc(CC(=O)O)cc3)cc2)CC1. The van der Waals surface area contributed by atoms with Crippen molar-refractivity contribution in [3.05, 3.63) is 89.5 Å². The van der Waals surface area contributed by atoms with Crippen LogP contribution in [0.15, 0.2) is 72.8 Å². The summed E-state index contributed by atoms with van der Waals surface area (Å²) < 4.78 is 0. The van der Waals surface area contributed by atoms with E-state index in [0.29, 0.717) is 18.7 Å². The zero-order valence-electron chi connectivity index (χ0n) is 20.1. The molecule has 4 rings (SSSR count). The second-order valence-corrected chi connectivity index (χ2v) is 9.89. The zero-order valence-corrected chi connectivity index (χ0v) is 20.1. The van der Waals surface area contributed by atoms with Crippen LogP contribution in [0.25, 0.3) is 11.1 Å². The highest BCUT2D eigenvalue weighted by Crippen LogP contribution is 2.32. The number of nitrogens with zero attached hydrogens (tertiary/aromatic N) is 2. The summed E-state index contributed by atoms with van der Waals surface area (Å²) in [5.41, 5.74) is 6.13. The van der Waals surface area contributed by atoms with E-state index in [1.165, 1.54) is 11.3 Å². The average molecular weight is 457 g/mol. The molecule has 1 N–H and O–H groups in total. The number of carboxylic acid groups (broad SMARTS) is 1. The van der Waals surface area contributed by atoms with Crippen molar-refractivity contribution in [1.82, 2.24) is 4.90 Å². The summed E-state index contributed by atoms with van der Waals surface area (Å²) in [4.78, 5) is 28.3. The van der Waals surface area contributed by atoms with Crippen LogP contribution >= 0.6 is 0 Å². The largest absolute Gasteiger partial charge is 0.481 e. The van der Waals surface area contributed by atoms with Crippen LogP contribution in [0.2, 0.25) is 0 Å². The van der Waals surface area contributed by atoms with Crippen molar-refractivity contribution in [3.8, 4) is 11.1 Å². The van der Waals surface area contributed by atoms with Gasteiger partial charge in [0, 0.05) is 37.4 Å². The molecule has 34 heavy (non-hydrogen) atoms. The van der Waals surface area contributed by atoms with Gasteiger partial charge in [0.05, 0.1) is 6.42 Å². The molecule has 176 valence electrons. The Morgan fingerprint density at radius 1 is 0.794 bits per heavy atom. The smallest absolute Gasteiger partial charge is 0.307 e. The summed E-state index contributed by atoms with van der Waals surface area (Å²) in [6.45, 7) is 9.74. The van der Waals surface area contributed by atoms with Crippen LogP contribution in [0.1, 0.15) is 42.3 Å². The lowest BCUT2D eigenvalue weighted by Crippen LogP contribution is -2.49. The van der Waals surface area contributed by atoms with Crippen molar-refractivity contribution >= 4 is 17.6 Å². The number of anilines is 1. The summed E-state index contributed by atoms with van der Waals surface area (Å²) in [6, 6.07) is 23.7. The summed E-state index contributed by atoms with van der Waals surface area (Å²) >= 11 is 0. The molecule has 0 bridgehead atoms. The second kappa shape index (κ2) is 9.72. The Bertz CT molecular complexity index is 1150. The van der Waals surface area contributed by atoms with E-state index < -0.39 is 5.97 Å². The van der Waals surface area contributed by atoms with E-state index in [1.54, 1.807) is 0 Å². The number of rotatable bonds is 5. The minimum Gasteiger partial charge on any atom is -0.481 e. The molecule has 1 aliphatic heterocycles. The first-order chi connectivity index (χ1) is 16.2. The molecule has 0 aliphatic carbocycles. The fraction of sp³-hybridized carbons (Fsp3) is 0.310. The van der Waals surface area contributed by atoms with Gasteiger partial charge in [0.15, 0.2) is 0 Å². The van der Waals surface area contributed by atoms with Gasteiger partial charge in [-0.05, 0) is 45.9 Å². The van der Waals surface area contributed by atoms with Crippen molar-refractivity contribution in [2.75, 3.05) is 31.1 Å². The normalized spacial score (nSPS) is 14.2. The van der Waals surface area contributed by atoms with E-state index in [2.05, 4.69) is 49.9 Å². The van der Waals surface area contributed by atoms with Crippen LogP contribution < -0.4 is 4.90 Å². The fourth-order valence-corrected chi connectivity index (χ4v) is 4.51. The van der Waals surface area contributed by atoms with Gasteiger partial charge < -0.3 is 14.9 Å². The van der Waals surface area contributed by atoms with Gasteiger partial charge in [-0.3, -0.25) is 9.59 Å². The summed E-state index contributed by atoms with van der Waals surface area (Å²) in [5, 5.41) is 8.92. The molecule has 1 amide bonds. The minimum atomic E-state index is -0.838. The molecule has 1 saturated heterocycles. The Labute approximate surface area is 201 Å². The molecule has 0 saturated carbocycles. The van der Waals surface area contributed by atoms with E-state index >= 15 is 0 Å². The number of piperazine rings is 1. The number of benzene rings is 3. The van der Waals surface area contributed by atoms with E-state index in [9.17, 15) is 9.59 Å². The third-order valence-corrected chi connectivity index (χ3v) is 6.39. The Kier molecular flexibility index (Phi) is 6.73. The molecule has 1 aliphatic rings. The molecule has 0 radical (unpaired) electrons. The first kappa shape index (κ1) is 23.6. The molecule has 3 aromatic carbocycles. The van der Waals surface area contributed by atoms with Gasteiger partial charge in [0.1, 0.15) is 0 Å². The molecule has 5 heteroatoms. The molecular formula is C29H32N2O3. The lowest BCUT2D eigenvalue weighted by Gasteiger charge is -2.38. The average Bonchev–Trinajstić information content (AvgIpc) is 2.83. The third-order valence-electron chi connectivity index (χ3n) is 6.39. The molecule has 0 aromatic heterocycles. The predicted molar refractivity (Wildman–Crippen MR) is 136 cm³/mol. The van der Waals surface area contributed by atoms with Crippen molar-refractivity contribution in [2.45, 2.75) is 32.6 Å². The van der Waals surface area contributed by atoms with Crippen LogP contribution in [0, 0.1) is 0 Å². The quantitative estimate of drug-likeness (QED) is 0.570. The lowest BCUT2D eigenvalue weighted by atomic mass is 9.85. The predicted octanol–water partition coefficient (Wildman–Crippen LogP) is 5.24. The number of hydrogen-bond donors (Lipinski definition) is 1. The maximum atomic E-state index is 13.1. The van der Waals surface area contributed by atoms with Gasteiger partial charge in [0.2, 0.25) is 0 Å². The molecule has 0 spiro atoms. The summed E-state index contributed by atoms with van der Waals surface area (Å²) in [7, 11) is 0. The number of carboxylic acids is 1. The Balaban J connectivity index is 1.40. The summed E-state index contributed by atoms with van der Waals surface area (Å²) in [6.07, 6.45) is 0.0166.